The van der Waals surface area contributed by atoms with Gasteiger partial charge in [0.25, 0.3) is 0 Å². The lowest BCUT2D eigenvalue weighted by Crippen LogP contribution is -2.27. The first-order chi connectivity index (χ1) is 10.0. The molecule has 0 saturated carbocycles. The monoisotopic (exact) mass is 451 g/mol. The van der Waals surface area contributed by atoms with Crippen LogP contribution in [0.15, 0.2) is 24.3 Å². The second-order valence-electron chi connectivity index (χ2n) is 5.43. The predicted octanol–water partition coefficient (Wildman–Crippen LogP) is 6.39. The van der Waals surface area contributed by atoms with Crippen molar-refractivity contribution in [2.45, 2.75) is 38.3 Å². The quantitative estimate of drug-likeness (QED) is 0.533. The molecule has 0 aliphatic heterocycles. The second kappa shape index (κ2) is 6.75. The lowest BCUT2D eigenvalue weighted by Gasteiger charge is -2.27. The number of thiophene rings is 1. The first-order valence-corrected chi connectivity index (χ1v) is 9.69. The molecule has 21 heavy (non-hydrogen) atoms. The molecule has 0 amide bonds. The smallest absolute Gasteiger partial charge is 0.0659 e. The fraction of sp³-hybridized carbons (Fsp3) is 0.375. The Morgan fingerprint density at radius 3 is 2.90 bits per heavy atom. The van der Waals surface area contributed by atoms with Gasteiger partial charge in [-0.25, -0.2) is 0 Å². The van der Waals surface area contributed by atoms with Crippen molar-refractivity contribution in [1.29, 1.82) is 0 Å². The van der Waals surface area contributed by atoms with E-state index in [2.05, 4.69) is 40.9 Å². The molecular formula is C16H16Cl2INS. The van der Waals surface area contributed by atoms with E-state index in [0.29, 0.717) is 11.1 Å². The lowest BCUT2D eigenvalue weighted by molar-refractivity contribution is 0.418. The standard InChI is InChI=1S/C16H16Cl2INS/c1-9(11-6-5-10(17)7-13(11)18)20-14-3-2-4-15-12(14)8-16(19)21-15/h5-9,14,20H,2-4H2,1H3. The van der Waals surface area contributed by atoms with Gasteiger partial charge in [0.1, 0.15) is 0 Å². The Hall–Kier alpha value is 0.190. The van der Waals surface area contributed by atoms with E-state index >= 15 is 0 Å². The summed E-state index contributed by atoms with van der Waals surface area (Å²) in [4.78, 5) is 1.54. The first-order valence-electron chi connectivity index (χ1n) is 7.03. The molecule has 0 saturated heterocycles. The minimum Gasteiger partial charge on any atom is -0.303 e. The SMILES string of the molecule is CC(NC1CCCc2sc(I)cc21)c1ccc(Cl)cc1Cl. The van der Waals surface area contributed by atoms with E-state index < -0.39 is 0 Å². The van der Waals surface area contributed by atoms with Crippen molar-refractivity contribution in [2.24, 2.45) is 0 Å². The van der Waals surface area contributed by atoms with E-state index in [0.717, 1.165) is 10.6 Å². The zero-order valence-electron chi connectivity index (χ0n) is 11.6. The number of rotatable bonds is 3. The first kappa shape index (κ1) is 16.1. The number of hydrogen-bond donors (Lipinski definition) is 1. The molecule has 2 atom stereocenters. The number of aryl methyl sites for hydroxylation is 1. The number of fused-ring (bicyclic) bond motifs is 1. The van der Waals surface area contributed by atoms with Gasteiger partial charge in [0.15, 0.2) is 0 Å². The number of nitrogens with one attached hydrogen (secondary N) is 1. The molecule has 112 valence electrons. The summed E-state index contributed by atoms with van der Waals surface area (Å²) in [5.41, 5.74) is 2.59. The number of hydrogen-bond acceptors (Lipinski definition) is 2. The van der Waals surface area contributed by atoms with Crippen molar-refractivity contribution in [2.75, 3.05) is 0 Å². The van der Waals surface area contributed by atoms with Gasteiger partial charge in [0.05, 0.1) is 2.88 Å². The summed E-state index contributed by atoms with van der Waals surface area (Å²) in [7, 11) is 0. The average molecular weight is 452 g/mol. The van der Waals surface area contributed by atoms with Crippen LogP contribution in [-0.2, 0) is 6.42 Å². The van der Waals surface area contributed by atoms with Gasteiger partial charge in [-0.2, -0.15) is 0 Å². The highest BCUT2D eigenvalue weighted by atomic mass is 127. The van der Waals surface area contributed by atoms with Crippen molar-refractivity contribution in [3.8, 4) is 0 Å². The minimum absolute atomic E-state index is 0.211. The second-order valence-corrected chi connectivity index (χ2v) is 9.30. The van der Waals surface area contributed by atoms with E-state index in [9.17, 15) is 0 Å². The van der Waals surface area contributed by atoms with Gasteiger partial charge in [0, 0.05) is 27.0 Å². The van der Waals surface area contributed by atoms with Crippen LogP contribution in [0.4, 0.5) is 0 Å². The van der Waals surface area contributed by atoms with Crippen molar-refractivity contribution >= 4 is 57.1 Å². The summed E-state index contributed by atoms with van der Waals surface area (Å²) in [5.74, 6) is 0. The van der Waals surface area contributed by atoms with Crippen LogP contribution in [0.25, 0.3) is 0 Å². The van der Waals surface area contributed by atoms with Crippen LogP contribution in [0, 0.1) is 2.88 Å². The van der Waals surface area contributed by atoms with Crippen LogP contribution >= 0.6 is 57.1 Å². The van der Waals surface area contributed by atoms with Gasteiger partial charge in [-0.15, -0.1) is 11.3 Å². The van der Waals surface area contributed by atoms with Crippen LogP contribution in [0.1, 0.15) is 47.9 Å². The van der Waals surface area contributed by atoms with Crippen molar-refractivity contribution in [1.82, 2.24) is 5.32 Å². The topological polar surface area (TPSA) is 12.0 Å². The molecule has 1 heterocycles. The minimum atomic E-state index is 0.211. The maximum atomic E-state index is 6.32. The Morgan fingerprint density at radius 2 is 2.14 bits per heavy atom. The molecule has 2 unspecified atom stereocenters. The third-order valence-corrected chi connectivity index (χ3v) is 6.50. The van der Waals surface area contributed by atoms with Crippen molar-refractivity contribution < 1.29 is 0 Å². The molecule has 1 aliphatic carbocycles. The fourth-order valence-corrected chi connectivity index (χ4v) is 5.63. The molecule has 1 aromatic heterocycles. The third-order valence-electron chi connectivity index (χ3n) is 3.96. The van der Waals surface area contributed by atoms with Gasteiger partial charge in [0.2, 0.25) is 0 Å². The summed E-state index contributed by atoms with van der Waals surface area (Å²) >= 11 is 16.6. The highest BCUT2D eigenvalue weighted by molar-refractivity contribution is 14.1. The van der Waals surface area contributed by atoms with Gasteiger partial charge in [-0.05, 0) is 78.1 Å². The third kappa shape index (κ3) is 3.58. The van der Waals surface area contributed by atoms with Gasteiger partial charge >= 0.3 is 0 Å². The van der Waals surface area contributed by atoms with Crippen LogP contribution in [-0.4, -0.2) is 0 Å². The van der Waals surface area contributed by atoms with E-state index in [1.165, 1.54) is 32.6 Å². The van der Waals surface area contributed by atoms with E-state index in [1.807, 2.05) is 29.5 Å². The zero-order valence-corrected chi connectivity index (χ0v) is 16.1. The van der Waals surface area contributed by atoms with Crippen LogP contribution in [0.5, 0.6) is 0 Å². The molecule has 0 fully saturated rings. The molecule has 2 aromatic rings. The van der Waals surface area contributed by atoms with Crippen LogP contribution < -0.4 is 5.32 Å². The molecule has 5 heteroatoms. The largest absolute Gasteiger partial charge is 0.303 e. The maximum absolute atomic E-state index is 6.32. The van der Waals surface area contributed by atoms with Crippen LogP contribution in [0.3, 0.4) is 0 Å². The van der Waals surface area contributed by atoms with Gasteiger partial charge in [-0.1, -0.05) is 29.3 Å². The summed E-state index contributed by atoms with van der Waals surface area (Å²) in [6.45, 7) is 2.17. The molecule has 1 N–H and O–H groups in total. The molecule has 0 spiro atoms. The number of benzene rings is 1. The summed E-state index contributed by atoms with van der Waals surface area (Å²) in [5, 5.41) is 5.16. The molecule has 0 bridgehead atoms. The zero-order chi connectivity index (χ0) is 15.0. The Morgan fingerprint density at radius 1 is 1.33 bits per heavy atom. The predicted molar refractivity (Wildman–Crippen MR) is 101 cm³/mol. The highest BCUT2D eigenvalue weighted by Gasteiger charge is 2.24. The number of halogens is 3. The molecule has 1 nitrogen and oxygen atoms in total. The molecular weight excluding hydrogens is 436 g/mol. The Bertz CT molecular complexity index is 656. The van der Waals surface area contributed by atoms with Gasteiger partial charge < -0.3 is 5.32 Å². The molecule has 1 aromatic carbocycles. The summed E-state index contributed by atoms with van der Waals surface area (Å²) in [6, 6.07) is 8.70. The normalized spacial score (nSPS) is 19.3. The Labute approximate surface area is 153 Å². The van der Waals surface area contributed by atoms with E-state index in [4.69, 9.17) is 23.2 Å². The van der Waals surface area contributed by atoms with Crippen LogP contribution in [0.2, 0.25) is 10.0 Å². The summed E-state index contributed by atoms with van der Waals surface area (Å²) < 4.78 is 1.38. The van der Waals surface area contributed by atoms with Crippen molar-refractivity contribution in [3.05, 3.63) is 53.2 Å². The van der Waals surface area contributed by atoms with E-state index in [-0.39, 0.29) is 6.04 Å². The molecule has 3 rings (SSSR count). The lowest BCUT2D eigenvalue weighted by atomic mass is 9.93. The van der Waals surface area contributed by atoms with Gasteiger partial charge in [-0.3, -0.25) is 0 Å². The summed E-state index contributed by atoms with van der Waals surface area (Å²) in [6.07, 6.45) is 3.66. The Kier molecular flexibility index (Phi) is 5.16. The molecule has 1 aliphatic rings. The Balaban J connectivity index is 1.80. The van der Waals surface area contributed by atoms with E-state index in [1.54, 1.807) is 0 Å². The maximum Gasteiger partial charge on any atom is 0.0659 e. The van der Waals surface area contributed by atoms with Crippen molar-refractivity contribution in [3.63, 3.8) is 0 Å². The average Bonchev–Trinajstić information content (AvgIpc) is 2.80. The highest BCUT2D eigenvalue weighted by Crippen LogP contribution is 2.38. The fourth-order valence-electron chi connectivity index (χ4n) is 2.94. The molecule has 0 radical (unpaired) electrons.